The molecule has 0 fully saturated rings. The van der Waals surface area contributed by atoms with Crippen LogP contribution >= 0.6 is 0 Å². The molecule has 0 saturated carbocycles. The van der Waals surface area contributed by atoms with Crippen LogP contribution in [-0.4, -0.2) is 43.3 Å². The van der Waals surface area contributed by atoms with Crippen LogP contribution in [0.15, 0.2) is 18.2 Å². The fourth-order valence-corrected chi connectivity index (χ4v) is 2.27. The lowest BCUT2D eigenvalue weighted by atomic mass is 10.0. The zero-order chi connectivity index (χ0) is 18.1. The SMILES string of the molecule is COc1cc(C(C)=O)ccc1OC[C@H](O)CN[C@@H](C)CCC(C)C. The molecule has 0 unspecified atom stereocenters. The second-order valence-electron chi connectivity index (χ2n) is 6.67. The normalized spacial score (nSPS) is 13.6. The summed E-state index contributed by atoms with van der Waals surface area (Å²) in [6, 6.07) is 5.40. The topological polar surface area (TPSA) is 67.8 Å². The lowest BCUT2D eigenvalue weighted by molar-refractivity contribution is 0.100. The van der Waals surface area contributed by atoms with Crippen molar-refractivity contribution in [1.29, 1.82) is 0 Å². The van der Waals surface area contributed by atoms with Crippen molar-refractivity contribution < 1.29 is 19.4 Å². The van der Waals surface area contributed by atoms with Gasteiger partial charge >= 0.3 is 0 Å². The quantitative estimate of drug-likeness (QED) is 0.608. The number of rotatable bonds is 11. The molecule has 0 aliphatic heterocycles. The summed E-state index contributed by atoms with van der Waals surface area (Å²) in [5, 5.41) is 13.4. The van der Waals surface area contributed by atoms with Crippen LogP contribution in [-0.2, 0) is 0 Å². The largest absolute Gasteiger partial charge is 0.493 e. The Balaban J connectivity index is 2.43. The van der Waals surface area contributed by atoms with Gasteiger partial charge in [-0.05, 0) is 50.8 Å². The standard InChI is InChI=1S/C19H31NO4/c1-13(2)6-7-14(3)20-11-17(22)12-24-18-9-8-16(15(4)21)10-19(18)23-5/h8-10,13-14,17,20,22H,6-7,11-12H2,1-5H3/t14-,17+/m0/s1. The van der Waals surface area contributed by atoms with Gasteiger partial charge in [0.15, 0.2) is 17.3 Å². The molecule has 0 aliphatic rings. The predicted octanol–water partition coefficient (Wildman–Crippen LogP) is 3.05. The highest BCUT2D eigenvalue weighted by atomic mass is 16.5. The highest BCUT2D eigenvalue weighted by Gasteiger charge is 2.12. The molecule has 0 spiro atoms. The number of aliphatic hydroxyl groups is 1. The Morgan fingerprint density at radius 3 is 2.50 bits per heavy atom. The first-order valence-corrected chi connectivity index (χ1v) is 8.56. The molecule has 0 heterocycles. The number of benzene rings is 1. The lowest BCUT2D eigenvalue weighted by Gasteiger charge is -2.19. The van der Waals surface area contributed by atoms with E-state index in [9.17, 15) is 9.90 Å². The molecule has 5 nitrogen and oxygen atoms in total. The fraction of sp³-hybridized carbons (Fsp3) is 0.632. The maximum absolute atomic E-state index is 11.4. The minimum Gasteiger partial charge on any atom is -0.493 e. The summed E-state index contributed by atoms with van der Waals surface area (Å²) in [5.41, 5.74) is 0.570. The first-order valence-electron chi connectivity index (χ1n) is 8.56. The first-order chi connectivity index (χ1) is 11.3. The van der Waals surface area contributed by atoms with Crippen molar-refractivity contribution in [2.75, 3.05) is 20.3 Å². The molecule has 2 atom stereocenters. The zero-order valence-electron chi connectivity index (χ0n) is 15.5. The van der Waals surface area contributed by atoms with Gasteiger partial charge in [-0.1, -0.05) is 13.8 Å². The molecule has 0 bridgehead atoms. The minimum atomic E-state index is -0.608. The van der Waals surface area contributed by atoms with E-state index in [4.69, 9.17) is 9.47 Å². The Morgan fingerprint density at radius 1 is 1.21 bits per heavy atom. The van der Waals surface area contributed by atoms with Gasteiger partial charge in [-0.3, -0.25) is 4.79 Å². The van der Waals surface area contributed by atoms with Crippen LogP contribution in [0.3, 0.4) is 0 Å². The van der Waals surface area contributed by atoms with E-state index in [1.807, 2.05) is 0 Å². The van der Waals surface area contributed by atoms with Crippen LogP contribution in [0.4, 0.5) is 0 Å². The number of ether oxygens (including phenoxy) is 2. The van der Waals surface area contributed by atoms with Crippen molar-refractivity contribution in [3.05, 3.63) is 23.8 Å². The number of ketones is 1. The summed E-state index contributed by atoms with van der Waals surface area (Å²) in [7, 11) is 1.53. The van der Waals surface area contributed by atoms with Crippen molar-refractivity contribution in [3.63, 3.8) is 0 Å². The third-order valence-electron chi connectivity index (χ3n) is 3.88. The number of methoxy groups -OCH3 is 1. The highest BCUT2D eigenvalue weighted by Crippen LogP contribution is 2.28. The highest BCUT2D eigenvalue weighted by molar-refractivity contribution is 5.94. The van der Waals surface area contributed by atoms with Gasteiger partial charge in [-0.25, -0.2) is 0 Å². The van der Waals surface area contributed by atoms with Crippen molar-refractivity contribution in [1.82, 2.24) is 5.32 Å². The number of carbonyl (C=O) groups excluding carboxylic acids is 1. The number of Topliss-reactive ketones (excluding diaryl/α,β-unsaturated/α-hetero) is 1. The Labute approximate surface area is 145 Å². The molecule has 0 radical (unpaired) electrons. The summed E-state index contributed by atoms with van der Waals surface area (Å²) in [4.78, 5) is 11.4. The summed E-state index contributed by atoms with van der Waals surface area (Å²) >= 11 is 0. The monoisotopic (exact) mass is 337 g/mol. The second-order valence-corrected chi connectivity index (χ2v) is 6.67. The smallest absolute Gasteiger partial charge is 0.161 e. The Kier molecular flexibility index (Phi) is 8.79. The van der Waals surface area contributed by atoms with Crippen LogP contribution in [0.2, 0.25) is 0 Å². The third-order valence-corrected chi connectivity index (χ3v) is 3.88. The van der Waals surface area contributed by atoms with Gasteiger partial charge in [0.05, 0.1) is 7.11 Å². The summed E-state index contributed by atoms with van der Waals surface area (Å²) in [5.74, 6) is 1.68. The van der Waals surface area contributed by atoms with Gasteiger partial charge in [-0.15, -0.1) is 0 Å². The van der Waals surface area contributed by atoms with E-state index in [1.165, 1.54) is 20.5 Å². The molecule has 5 heteroatoms. The predicted molar refractivity (Wildman–Crippen MR) is 96.0 cm³/mol. The van der Waals surface area contributed by atoms with E-state index >= 15 is 0 Å². The van der Waals surface area contributed by atoms with Crippen molar-refractivity contribution in [3.8, 4) is 11.5 Å². The van der Waals surface area contributed by atoms with Crippen molar-refractivity contribution in [2.24, 2.45) is 5.92 Å². The molecule has 0 saturated heterocycles. The summed E-state index contributed by atoms with van der Waals surface area (Å²) < 4.78 is 10.9. The van der Waals surface area contributed by atoms with Gasteiger partial charge < -0.3 is 19.9 Å². The summed E-state index contributed by atoms with van der Waals surface area (Å²) in [6.07, 6.45) is 1.65. The molecule has 136 valence electrons. The van der Waals surface area contributed by atoms with Crippen LogP contribution in [0, 0.1) is 5.92 Å². The van der Waals surface area contributed by atoms with E-state index in [-0.39, 0.29) is 12.4 Å². The number of hydrogen-bond acceptors (Lipinski definition) is 5. The minimum absolute atomic E-state index is 0.0283. The van der Waals surface area contributed by atoms with Gasteiger partial charge in [0.2, 0.25) is 0 Å². The molecular weight excluding hydrogens is 306 g/mol. The van der Waals surface area contributed by atoms with E-state index in [1.54, 1.807) is 18.2 Å². The van der Waals surface area contributed by atoms with Crippen molar-refractivity contribution in [2.45, 2.75) is 52.7 Å². The average molecular weight is 337 g/mol. The van der Waals surface area contributed by atoms with Gasteiger partial charge in [-0.2, -0.15) is 0 Å². The molecule has 2 N–H and O–H groups in total. The number of carbonyl (C=O) groups is 1. The Bertz CT molecular complexity index is 516. The average Bonchev–Trinajstić information content (AvgIpc) is 2.55. The maximum atomic E-state index is 11.4. The van der Waals surface area contributed by atoms with Gasteiger partial charge in [0, 0.05) is 18.2 Å². The van der Waals surface area contributed by atoms with Crippen LogP contribution in [0.1, 0.15) is 50.9 Å². The maximum Gasteiger partial charge on any atom is 0.161 e. The molecule has 0 aliphatic carbocycles. The van der Waals surface area contributed by atoms with E-state index in [0.29, 0.717) is 35.6 Å². The van der Waals surface area contributed by atoms with Crippen LogP contribution in [0.25, 0.3) is 0 Å². The molecule has 1 aromatic carbocycles. The number of nitrogens with one attached hydrogen (secondary N) is 1. The number of hydrogen-bond donors (Lipinski definition) is 2. The third kappa shape index (κ3) is 7.32. The van der Waals surface area contributed by atoms with Gasteiger partial charge in [0.25, 0.3) is 0 Å². The molecule has 1 aromatic rings. The van der Waals surface area contributed by atoms with E-state index in [2.05, 4.69) is 26.1 Å². The molecular formula is C19H31NO4. The molecule has 1 rings (SSSR count). The lowest BCUT2D eigenvalue weighted by Crippen LogP contribution is -2.36. The summed E-state index contributed by atoms with van der Waals surface area (Å²) in [6.45, 7) is 8.69. The zero-order valence-corrected chi connectivity index (χ0v) is 15.5. The first kappa shape index (κ1) is 20.5. The van der Waals surface area contributed by atoms with E-state index < -0.39 is 6.10 Å². The molecule has 0 aromatic heterocycles. The van der Waals surface area contributed by atoms with E-state index in [0.717, 1.165) is 6.42 Å². The Morgan fingerprint density at radius 2 is 1.92 bits per heavy atom. The molecule has 24 heavy (non-hydrogen) atoms. The van der Waals surface area contributed by atoms with Crippen molar-refractivity contribution >= 4 is 5.78 Å². The number of aliphatic hydroxyl groups excluding tert-OH is 1. The second kappa shape index (κ2) is 10.3. The van der Waals surface area contributed by atoms with Crippen LogP contribution in [0.5, 0.6) is 11.5 Å². The van der Waals surface area contributed by atoms with Gasteiger partial charge in [0.1, 0.15) is 12.7 Å². The fourth-order valence-electron chi connectivity index (χ4n) is 2.27. The molecule has 0 amide bonds. The van der Waals surface area contributed by atoms with Crippen LogP contribution < -0.4 is 14.8 Å². The Hall–Kier alpha value is -1.59.